The number of hydrogen-bond acceptors (Lipinski definition) is 8. The zero-order valence-corrected chi connectivity index (χ0v) is 20.7. The third-order valence-corrected chi connectivity index (χ3v) is 6.80. The fraction of sp³-hybridized carbons (Fsp3) is 0.440. The van der Waals surface area contributed by atoms with Gasteiger partial charge in [0, 0.05) is 24.3 Å². The van der Waals surface area contributed by atoms with Crippen molar-refractivity contribution in [3.8, 4) is 16.8 Å². The summed E-state index contributed by atoms with van der Waals surface area (Å²) >= 11 is 0. The van der Waals surface area contributed by atoms with Gasteiger partial charge < -0.3 is 21.1 Å². The van der Waals surface area contributed by atoms with Gasteiger partial charge in [0.05, 0.1) is 24.6 Å². The first kappa shape index (κ1) is 24.6. The minimum atomic E-state index is -1.33. The molecule has 2 fully saturated rings. The van der Waals surface area contributed by atoms with E-state index in [1.807, 2.05) is 10.9 Å². The highest BCUT2D eigenvalue weighted by atomic mass is 16.4. The molecular formula is C25H32N10O2. The lowest BCUT2D eigenvalue weighted by atomic mass is 10.1. The summed E-state index contributed by atoms with van der Waals surface area (Å²) in [6, 6.07) is 8.77. The van der Waals surface area contributed by atoms with Crippen LogP contribution in [-0.4, -0.2) is 76.5 Å². The Balaban J connectivity index is 0.000000655. The smallest absolute Gasteiger partial charge is 0.402 e. The summed E-state index contributed by atoms with van der Waals surface area (Å²) in [5, 5.41) is 23.8. The Morgan fingerprint density at radius 3 is 2.49 bits per heavy atom. The maximum absolute atomic E-state index is 8.78. The van der Waals surface area contributed by atoms with Gasteiger partial charge in [-0.1, -0.05) is 30.2 Å². The Bertz CT molecular complexity index is 1320. The van der Waals surface area contributed by atoms with Crippen LogP contribution in [0.1, 0.15) is 38.5 Å². The van der Waals surface area contributed by atoms with E-state index in [9.17, 15) is 0 Å². The first-order chi connectivity index (χ1) is 18.0. The summed E-state index contributed by atoms with van der Waals surface area (Å²) in [7, 11) is 0. The number of carbonyl (C=O) groups is 1. The summed E-state index contributed by atoms with van der Waals surface area (Å²) in [6.45, 7) is 4.43. The number of rotatable bonds is 7. The van der Waals surface area contributed by atoms with E-state index >= 15 is 0 Å². The van der Waals surface area contributed by atoms with Crippen molar-refractivity contribution in [2.45, 2.75) is 51.1 Å². The molecule has 12 nitrogen and oxygen atoms in total. The number of nitrogens with zero attached hydrogens (tertiary/aromatic N) is 8. The van der Waals surface area contributed by atoms with E-state index in [0.29, 0.717) is 23.2 Å². The van der Waals surface area contributed by atoms with Crippen LogP contribution >= 0.6 is 0 Å². The predicted molar refractivity (Wildman–Crippen MR) is 139 cm³/mol. The number of hydrogen-bond donors (Lipinski definition) is 3. The molecule has 0 atom stereocenters. The van der Waals surface area contributed by atoms with E-state index in [0.717, 1.165) is 29.9 Å². The van der Waals surface area contributed by atoms with Gasteiger partial charge in [0.25, 0.3) is 0 Å². The molecule has 1 aromatic carbocycles. The van der Waals surface area contributed by atoms with Crippen LogP contribution < -0.4 is 11.1 Å². The molecule has 1 saturated carbocycles. The van der Waals surface area contributed by atoms with E-state index in [1.54, 1.807) is 10.9 Å². The van der Waals surface area contributed by atoms with Crippen LogP contribution in [0.4, 0.5) is 10.7 Å². The number of carboxylic acid groups (broad SMARTS) is 1. The minimum absolute atomic E-state index is 0.460. The highest BCUT2D eigenvalue weighted by Gasteiger charge is 2.17. The van der Waals surface area contributed by atoms with Gasteiger partial charge in [-0.15, -0.1) is 5.10 Å². The molecule has 4 N–H and O–H groups in total. The molecule has 6 rings (SSSR count). The molecule has 37 heavy (non-hydrogen) atoms. The van der Waals surface area contributed by atoms with Crippen molar-refractivity contribution >= 4 is 23.2 Å². The molecule has 194 valence electrons. The average molecular weight is 505 g/mol. The van der Waals surface area contributed by atoms with Crippen molar-refractivity contribution in [1.82, 2.24) is 39.6 Å². The lowest BCUT2D eigenvalue weighted by Gasteiger charge is -2.13. The summed E-state index contributed by atoms with van der Waals surface area (Å²) < 4.78 is 3.82. The zero-order valence-electron chi connectivity index (χ0n) is 20.7. The second-order valence-electron chi connectivity index (χ2n) is 9.46. The van der Waals surface area contributed by atoms with Crippen LogP contribution in [0, 0.1) is 0 Å². The number of nitrogens with one attached hydrogen (secondary N) is 1. The second kappa shape index (κ2) is 11.3. The van der Waals surface area contributed by atoms with Crippen molar-refractivity contribution < 1.29 is 9.90 Å². The van der Waals surface area contributed by atoms with Crippen LogP contribution in [0.3, 0.4) is 0 Å². The lowest BCUT2D eigenvalue weighted by Crippen LogP contribution is -2.24. The lowest BCUT2D eigenvalue weighted by molar-refractivity contribution is 0.205. The molecule has 0 spiro atoms. The highest BCUT2D eigenvalue weighted by molar-refractivity contribution is 5.72. The normalized spacial score (nSPS) is 16.1. The van der Waals surface area contributed by atoms with Gasteiger partial charge >= 0.3 is 6.09 Å². The van der Waals surface area contributed by atoms with Gasteiger partial charge in [-0.3, -0.25) is 4.68 Å². The molecule has 1 saturated heterocycles. The largest absolute Gasteiger partial charge is 0.465 e. The summed E-state index contributed by atoms with van der Waals surface area (Å²) in [5.41, 5.74) is 8.61. The van der Waals surface area contributed by atoms with Crippen LogP contribution in [0.15, 0.2) is 42.9 Å². The Hall–Kier alpha value is -4.06. The molecule has 12 heteroatoms. The number of benzene rings is 1. The molecule has 3 aromatic heterocycles. The molecule has 1 amide bonds. The maximum Gasteiger partial charge on any atom is 0.402 e. The van der Waals surface area contributed by atoms with Gasteiger partial charge in [-0.25, -0.2) is 9.78 Å². The molecule has 1 aliphatic heterocycles. The summed E-state index contributed by atoms with van der Waals surface area (Å²) in [5.74, 6) is 0.649. The minimum Gasteiger partial charge on any atom is -0.465 e. The van der Waals surface area contributed by atoms with Crippen molar-refractivity contribution in [3.05, 3.63) is 42.9 Å². The first-order valence-electron chi connectivity index (χ1n) is 12.7. The topological polar surface area (TPSA) is 153 Å². The van der Waals surface area contributed by atoms with E-state index in [4.69, 9.17) is 14.9 Å². The predicted octanol–water partition coefficient (Wildman–Crippen LogP) is 3.15. The Labute approximate surface area is 214 Å². The summed E-state index contributed by atoms with van der Waals surface area (Å²) in [4.78, 5) is 20.4. The zero-order chi connectivity index (χ0) is 25.6. The average Bonchev–Trinajstić information content (AvgIpc) is 3.70. The molecule has 1 aliphatic carbocycles. The van der Waals surface area contributed by atoms with Crippen molar-refractivity contribution in [2.24, 2.45) is 5.73 Å². The van der Waals surface area contributed by atoms with E-state index in [2.05, 4.69) is 66.8 Å². The number of primary amides is 1. The van der Waals surface area contributed by atoms with E-state index in [-0.39, 0.29) is 0 Å². The fourth-order valence-corrected chi connectivity index (χ4v) is 4.90. The van der Waals surface area contributed by atoms with Crippen LogP contribution in [0.25, 0.3) is 28.0 Å². The number of fused-ring (bicyclic) bond motifs is 1. The molecule has 4 heterocycles. The Morgan fingerprint density at radius 1 is 1.03 bits per heavy atom. The summed E-state index contributed by atoms with van der Waals surface area (Å²) in [6.07, 6.45) is 12.0. The Kier molecular flexibility index (Phi) is 7.54. The molecule has 0 radical (unpaired) electrons. The van der Waals surface area contributed by atoms with Gasteiger partial charge in [-0.2, -0.15) is 14.8 Å². The number of nitrogens with two attached hydrogens (primary N) is 1. The van der Waals surface area contributed by atoms with Gasteiger partial charge in [0.2, 0.25) is 5.95 Å². The maximum atomic E-state index is 8.78. The van der Waals surface area contributed by atoms with E-state index in [1.165, 1.54) is 51.6 Å². The van der Waals surface area contributed by atoms with Gasteiger partial charge in [0.1, 0.15) is 0 Å². The fourth-order valence-electron chi connectivity index (χ4n) is 4.90. The molecule has 0 unspecified atom stereocenters. The van der Waals surface area contributed by atoms with Crippen molar-refractivity contribution in [2.75, 3.05) is 25.0 Å². The van der Waals surface area contributed by atoms with Gasteiger partial charge in [0.15, 0.2) is 11.2 Å². The highest BCUT2D eigenvalue weighted by Crippen LogP contribution is 2.24. The quantitative estimate of drug-likeness (QED) is 0.344. The van der Waals surface area contributed by atoms with Gasteiger partial charge in [-0.05, 0) is 56.5 Å². The number of anilines is 1. The van der Waals surface area contributed by atoms with Crippen LogP contribution in [-0.2, 0) is 6.54 Å². The monoisotopic (exact) mass is 504 g/mol. The second-order valence-corrected chi connectivity index (χ2v) is 9.46. The standard InChI is InChI=1S/C24H29N9.CH3NO2/c1-2-6-20(5-1)27-24-25-16-22-23(28-24)33(30-29-22)21-9-7-18(8-10-21)19-15-26-32(17-19)14-13-31-11-3-4-12-31;2-1(3)4/h7-10,15-17,20H,1-6,11-14H2,(H,25,27,28);2H2,(H,3,4). The molecule has 4 aromatic rings. The van der Waals surface area contributed by atoms with Crippen molar-refractivity contribution in [3.63, 3.8) is 0 Å². The number of aromatic nitrogens is 7. The molecule has 0 bridgehead atoms. The SMILES string of the molecule is NC(=O)O.c1cc(-n2nnc3cnc(NC4CCCC4)nc32)ccc1-c1cnn(CCN2CCCC2)c1. The third-order valence-electron chi connectivity index (χ3n) is 6.80. The molecular weight excluding hydrogens is 472 g/mol. The molecule has 2 aliphatic rings. The first-order valence-corrected chi connectivity index (χ1v) is 12.7. The van der Waals surface area contributed by atoms with E-state index < -0.39 is 6.09 Å². The van der Waals surface area contributed by atoms with Crippen LogP contribution in [0.2, 0.25) is 0 Å². The van der Waals surface area contributed by atoms with Crippen LogP contribution in [0.5, 0.6) is 0 Å². The number of likely N-dealkylation sites (tertiary alicyclic amines) is 1. The number of amides is 1. The Morgan fingerprint density at radius 2 is 1.76 bits per heavy atom. The third kappa shape index (κ3) is 6.20. The van der Waals surface area contributed by atoms with Crippen molar-refractivity contribution in [1.29, 1.82) is 0 Å².